The molecule has 4 unspecified atom stereocenters. The van der Waals surface area contributed by atoms with Gasteiger partial charge in [-0.2, -0.15) is 11.8 Å². The van der Waals surface area contributed by atoms with Gasteiger partial charge in [0, 0.05) is 23.3 Å². The summed E-state index contributed by atoms with van der Waals surface area (Å²) in [5.74, 6) is 2.25. The van der Waals surface area contributed by atoms with Gasteiger partial charge in [-0.05, 0) is 80.1 Å². The van der Waals surface area contributed by atoms with E-state index in [4.69, 9.17) is 5.11 Å². The number of carbonyl (C=O) groups is 3. The van der Waals surface area contributed by atoms with Gasteiger partial charge >= 0.3 is 5.97 Å². The average Bonchev–Trinajstić information content (AvgIpc) is 3.00. The smallest absolute Gasteiger partial charge is 0.304 e. The van der Waals surface area contributed by atoms with E-state index < -0.39 is 5.97 Å². The third-order valence-corrected chi connectivity index (χ3v) is 10.4. The lowest BCUT2D eigenvalue weighted by molar-refractivity contribution is -0.136. The fraction of sp³-hybridized carbons (Fsp3) is 0.792. The van der Waals surface area contributed by atoms with Crippen molar-refractivity contribution in [1.82, 2.24) is 0 Å². The van der Waals surface area contributed by atoms with Gasteiger partial charge in [0.1, 0.15) is 5.78 Å². The van der Waals surface area contributed by atoms with E-state index >= 15 is 0 Å². The van der Waals surface area contributed by atoms with Crippen LogP contribution in [-0.4, -0.2) is 33.6 Å². The molecule has 3 fully saturated rings. The predicted octanol–water partition coefficient (Wildman–Crippen LogP) is 4.91. The van der Waals surface area contributed by atoms with Crippen LogP contribution in [0.5, 0.6) is 0 Å². The number of hydrogen-bond acceptors (Lipinski definition) is 4. The van der Waals surface area contributed by atoms with Crippen LogP contribution in [0.2, 0.25) is 0 Å². The first-order chi connectivity index (χ1) is 13.7. The molecule has 0 radical (unpaired) electrons. The number of carboxylic acid groups (broad SMARTS) is 1. The van der Waals surface area contributed by atoms with E-state index in [1.807, 2.05) is 6.08 Å². The molecule has 29 heavy (non-hydrogen) atoms. The highest BCUT2D eigenvalue weighted by Crippen LogP contribution is 2.68. The van der Waals surface area contributed by atoms with Crippen LogP contribution >= 0.6 is 11.8 Å². The van der Waals surface area contributed by atoms with Crippen molar-refractivity contribution in [2.24, 2.45) is 34.5 Å². The molecule has 0 bridgehead atoms. The van der Waals surface area contributed by atoms with E-state index in [0.717, 1.165) is 38.5 Å². The van der Waals surface area contributed by atoms with Crippen molar-refractivity contribution in [2.75, 3.05) is 5.75 Å². The zero-order chi connectivity index (χ0) is 21.0. The van der Waals surface area contributed by atoms with Crippen LogP contribution in [0.1, 0.15) is 72.1 Å². The Morgan fingerprint density at radius 1 is 1.17 bits per heavy atom. The third kappa shape index (κ3) is 3.41. The fourth-order valence-corrected chi connectivity index (χ4v) is 9.13. The molecule has 7 atom stereocenters. The van der Waals surface area contributed by atoms with Crippen LogP contribution in [0, 0.1) is 34.5 Å². The van der Waals surface area contributed by atoms with Gasteiger partial charge in [-0.15, -0.1) is 0 Å². The highest BCUT2D eigenvalue weighted by atomic mass is 32.2. The lowest BCUT2D eigenvalue weighted by Crippen LogP contribution is -2.55. The Labute approximate surface area is 178 Å². The number of aliphatic carboxylic acids is 1. The highest BCUT2D eigenvalue weighted by Gasteiger charge is 2.61. The van der Waals surface area contributed by atoms with Crippen LogP contribution in [0.4, 0.5) is 0 Å². The maximum atomic E-state index is 12.4. The SMILES string of the molecule is CC(=O)[C@H]1CCC2C3C(SCCC(=O)O)CC4=CC(=O)CC[C@]4(C)C3CC[C@@]21C. The summed E-state index contributed by atoms with van der Waals surface area (Å²) in [6, 6.07) is 0. The topological polar surface area (TPSA) is 71.4 Å². The zero-order valence-electron chi connectivity index (χ0n) is 17.9. The number of carbonyl (C=O) groups excluding carboxylic acids is 2. The van der Waals surface area contributed by atoms with Crippen LogP contribution in [0.25, 0.3) is 0 Å². The summed E-state index contributed by atoms with van der Waals surface area (Å²) >= 11 is 1.81. The molecule has 0 aromatic rings. The highest BCUT2D eigenvalue weighted by molar-refractivity contribution is 7.99. The number of thioether (sulfide) groups is 1. The second-order valence-electron chi connectivity index (χ2n) is 10.4. The zero-order valence-corrected chi connectivity index (χ0v) is 18.7. The first-order valence-electron chi connectivity index (χ1n) is 11.2. The molecule has 1 N–H and O–H groups in total. The second-order valence-corrected chi connectivity index (χ2v) is 11.7. The minimum Gasteiger partial charge on any atom is -0.481 e. The average molecular weight is 419 g/mol. The Bertz CT molecular complexity index is 758. The number of ketones is 2. The van der Waals surface area contributed by atoms with Crippen LogP contribution in [0.15, 0.2) is 11.6 Å². The monoisotopic (exact) mass is 418 g/mol. The molecule has 160 valence electrons. The van der Waals surface area contributed by atoms with Crippen molar-refractivity contribution in [2.45, 2.75) is 77.4 Å². The van der Waals surface area contributed by atoms with Crippen LogP contribution in [-0.2, 0) is 14.4 Å². The molecule has 0 aromatic heterocycles. The summed E-state index contributed by atoms with van der Waals surface area (Å²) in [6.07, 6.45) is 8.97. The number of carboxylic acids is 1. The van der Waals surface area contributed by atoms with Gasteiger partial charge in [0.05, 0.1) is 6.42 Å². The van der Waals surface area contributed by atoms with Crippen LogP contribution in [0.3, 0.4) is 0 Å². The first-order valence-corrected chi connectivity index (χ1v) is 12.3. The largest absolute Gasteiger partial charge is 0.481 e. The van der Waals surface area contributed by atoms with Gasteiger partial charge in [-0.25, -0.2) is 0 Å². The van der Waals surface area contributed by atoms with E-state index in [0.29, 0.717) is 41.0 Å². The Morgan fingerprint density at radius 3 is 2.62 bits per heavy atom. The van der Waals surface area contributed by atoms with E-state index in [-0.39, 0.29) is 29.0 Å². The van der Waals surface area contributed by atoms with Crippen molar-refractivity contribution < 1.29 is 19.5 Å². The lowest BCUT2D eigenvalue weighted by atomic mass is 9.46. The summed E-state index contributed by atoms with van der Waals surface area (Å²) in [4.78, 5) is 35.7. The van der Waals surface area contributed by atoms with E-state index in [2.05, 4.69) is 13.8 Å². The van der Waals surface area contributed by atoms with Crippen molar-refractivity contribution >= 4 is 29.3 Å². The molecule has 0 amide bonds. The summed E-state index contributed by atoms with van der Waals surface area (Å²) in [5, 5.41) is 9.48. The molecule has 4 aliphatic rings. The van der Waals surface area contributed by atoms with Crippen molar-refractivity contribution in [3.8, 4) is 0 Å². The number of hydrogen-bond donors (Lipinski definition) is 1. The van der Waals surface area contributed by atoms with Crippen LogP contribution < -0.4 is 0 Å². The molecule has 0 saturated heterocycles. The summed E-state index contributed by atoms with van der Waals surface area (Å²) in [7, 11) is 0. The quantitative estimate of drug-likeness (QED) is 0.687. The molecule has 4 nitrogen and oxygen atoms in total. The molecule has 0 aromatic carbocycles. The van der Waals surface area contributed by atoms with Crippen molar-refractivity contribution in [1.29, 1.82) is 0 Å². The lowest BCUT2D eigenvalue weighted by Gasteiger charge is -2.60. The molecule has 4 aliphatic carbocycles. The molecule has 5 heteroatoms. The van der Waals surface area contributed by atoms with Gasteiger partial charge in [0.25, 0.3) is 0 Å². The number of allylic oxidation sites excluding steroid dienone is 1. The minimum atomic E-state index is -0.743. The maximum Gasteiger partial charge on any atom is 0.304 e. The minimum absolute atomic E-state index is 0.0840. The van der Waals surface area contributed by atoms with Gasteiger partial charge < -0.3 is 5.11 Å². The number of rotatable bonds is 5. The van der Waals surface area contributed by atoms with Crippen molar-refractivity contribution in [3.63, 3.8) is 0 Å². The van der Waals surface area contributed by atoms with Crippen molar-refractivity contribution in [3.05, 3.63) is 11.6 Å². The van der Waals surface area contributed by atoms with Gasteiger partial charge in [0.15, 0.2) is 5.78 Å². The van der Waals surface area contributed by atoms with Gasteiger partial charge in [-0.1, -0.05) is 19.4 Å². The second kappa shape index (κ2) is 7.55. The number of Topliss-reactive ketones (excluding diaryl/α,β-unsaturated/α-hetero) is 1. The Morgan fingerprint density at radius 2 is 1.93 bits per heavy atom. The molecule has 0 aliphatic heterocycles. The molecular weight excluding hydrogens is 384 g/mol. The molecule has 0 heterocycles. The van der Waals surface area contributed by atoms with Gasteiger partial charge in [-0.3, -0.25) is 14.4 Å². The van der Waals surface area contributed by atoms with E-state index in [1.165, 1.54) is 5.57 Å². The standard InChI is InChI=1S/C24H34O4S/c1-14(25)17-4-5-18-22-19(7-10-24(17,18)3)23(2)9-6-16(26)12-15(23)13-20(22)29-11-8-21(27)28/h12,17-20,22H,4-11,13H2,1-3H3,(H,27,28)/t17-,18?,19?,20?,22?,23+,24-/m1/s1. The summed E-state index contributed by atoms with van der Waals surface area (Å²) in [6.45, 7) is 6.49. The molecule has 0 spiro atoms. The molecule has 4 rings (SSSR count). The fourth-order valence-electron chi connectivity index (χ4n) is 7.64. The molecular formula is C24H34O4S. The normalized spacial score (nSPS) is 43.8. The van der Waals surface area contributed by atoms with E-state index in [9.17, 15) is 14.4 Å². The van der Waals surface area contributed by atoms with Gasteiger partial charge in [0.2, 0.25) is 0 Å². The Kier molecular flexibility index (Phi) is 5.50. The number of fused-ring (bicyclic) bond motifs is 5. The Hall–Kier alpha value is -1.10. The first kappa shape index (κ1) is 21.1. The molecule has 3 saturated carbocycles. The van der Waals surface area contributed by atoms with E-state index in [1.54, 1.807) is 18.7 Å². The predicted molar refractivity (Wildman–Crippen MR) is 115 cm³/mol. The summed E-state index contributed by atoms with van der Waals surface area (Å²) < 4.78 is 0. The maximum absolute atomic E-state index is 12.4. The Balaban J connectivity index is 1.68. The third-order valence-electron chi connectivity index (χ3n) is 9.10. The summed E-state index contributed by atoms with van der Waals surface area (Å²) in [5.41, 5.74) is 1.49.